The average molecular weight is 258 g/mol. The lowest BCUT2D eigenvalue weighted by Gasteiger charge is -2.35. The summed E-state index contributed by atoms with van der Waals surface area (Å²) in [5, 5.41) is 9.37. The highest BCUT2D eigenvalue weighted by atomic mass is 16.5. The Morgan fingerprint density at radius 1 is 1.37 bits per heavy atom. The van der Waals surface area contributed by atoms with Crippen molar-refractivity contribution < 1.29 is 14.6 Å². The Hall–Kier alpha value is -2.14. The molecular formula is C14H14N2O3. The van der Waals surface area contributed by atoms with Gasteiger partial charge in [0.1, 0.15) is 5.82 Å². The van der Waals surface area contributed by atoms with Gasteiger partial charge in [-0.15, -0.1) is 0 Å². The maximum atomic E-state index is 11.4. The Bertz CT molecular complexity index is 615. The Morgan fingerprint density at radius 2 is 2.05 bits per heavy atom. The maximum Gasteiger partial charge on any atom is 0.322 e. The standard InChI is InChI=1S/C14H14N2O3/c1-9-11(10-5-3-2-4-6-10)16-12(15-9)14(13(17)18)7-19-8-14/h2-6H,7-8H2,1H3,(H,15,16)(H,17,18). The number of H-pyrrole nitrogens is 1. The van der Waals surface area contributed by atoms with Crippen LogP contribution in [-0.2, 0) is 14.9 Å². The van der Waals surface area contributed by atoms with Gasteiger partial charge in [-0.25, -0.2) is 4.98 Å². The smallest absolute Gasteiger partial charge is 0.322 e. The monoisotopic (exact) mass is 258 g/mol. The van der Waals surface area contributed by atoms with Crippen LogP contribution in [0, 0.1) is 6.92 Å². The normalized spacial score (nSPS) is 16.9. The molecule has 0 unspecified atom stereocenters. The van der Waals surface area contributed by atoms with Crippen molar-refractivity contribution in [1.29, 1.82) is 0 Å². The van der Waals surface area contributed by atoms with E-state index in [9.17, 15) is 9.90 Å². The third-order valence-corrected chi connectivity index (χ3v) is 3.49. The second-order valence-electron chi connectivity index (χ2n) is 4.81. The molecule has 19 heavy (non-hydrogen) atoms. The zero-order chi connectivity index (χ0) is 13.5. The Balaban J connectivity index is 2.05. The van der Waals surface area contributed by atoms with Crippen molar-refractivity contribution in [2.24, 2.45) is 0 Å². The van der Waals surface area contributed by atoms with Gasteiger partial charge in [-0.1, -0.05) is 30.3 Å². The van der Waals surface area contributed by atoms with E-state index < -0.39 is 11.4 Å². The van der Waals surface area contributed by atoms with Gasteiger partial charge in [-0.2, -0.15) is 0 Å². The van der Waals surface area contributed by atoms with Crippen molar-refractivity contribution in [2.75, 3.05) is 13.2 Å². The van der Waals surface area contributed by atoms with Gasteiger partial charge in [0.15, 0.2) is 5.41 Å². The van der Waals surface area contributed by atoms with E-state index in [1.165, 1.54) is 0 Å². The fraction of sp³-hybridized carbons (Fsp3) is 0.286. The fourth-order valence-electron chi connectivity index (χ4n) is 2.23. The molecule has 0 spiro atoms. The van der Waals surface area contributed by atoms with E-state index in [1.807, 2.05) is 37.3 Å². The molecule has 5 nitrogen and oxygen atoms in total. The Kier molecular flexibility index (Phi) is 2.64. The lowest BCUT2D eigenvalue weighted by molar-refractivity contribution is -0.163. The molecule has 1 aromatic carbocycles. The largest absolute Gasteiger partial charge is 0.480 e. The number of hydrogen-bond acceptors (Lipinski definition) is 3. The summed E-state index contributed by atoms with van der Waals surface area (Å²) in [7, 11) is 0. The summed E-state index contributed by atoms with van der Waals surface area (Å²) < 4.78 is 5.07. The number of carbonyl (C=O) groups is 1. The van der Waals surface area contributed by atoms with Crippen LogP contribution >= 0.6 is 0 Å². The van der Waals surface area contributed by atoms with Crippen LogP contribution in [0.25, 0.3) is 11.3 Å². The number of carboxylic acids is 1. The van der Waals surface area contributed by atoms with E-state index >= 15 is 0 Å². The van der Waals surface area contributed by atoms with E-state index in [0.717, 1.165) is 17.0 Å². The molecule has 2 aromatic rings. The number of aliphatic carboxylic acids is 1. The lowest BCUT2D eigenvalue weighted by Crippen LogP contribution is -2.53. The van der Waals surface area contributed by atoms with Gasteiger partial charge >= 0.3 is 5.97 Å². The van der Waals surface area contributed by atoms with Gasteiger partial charge in [-0.05, 0) is 6.92 Å². The third kappa shape index (κ3) is 1.74. The maximum absolute atomic E-state index is 11.4. The van der Waals surface area contributed by atoms with Crippen LogP contribution in [0.1, 0.15) is 11.5 Å². The number of aromatic amines is 1. The molecule has 3 rings (SSSR count). The minimum absolute atomic E-state index is 0.170. The first kappa shape index (κ1) is 11.9. The van der Waals surface area contributed by atoms with Crippen LogP contribution < -0.4 is 0 Å². The first-order valence-corrected chi connectivity index (χ1v) is 6.07. The summed E-state index contributed by atoms with van der Waals surface area (Å²) in [6, 6.07) is 9.71. The van der Waals surface area contributed by atoms with Crippen LogP contribution in [0.5, 0.6) is 0 Å². The molecule has 0 amide bonds. The number of ether oxygens (including phenoxy) is 1. The molecule has 0 atom stereocenters. The molecule has 0 radical (unpaired) electrons. The van der Waals surface area contributed by atoms with E-state index in [-0.39, 0.29) is 13.2 Å². The summed E-state index contributed by atoms with van der Waals surface area (Å²) >= 11 is 0. The number of hydrogen-bond donors (Lipinski definition) is 2. The van der Waals surface area contributed by atoms with Crippen LogP contribution in [0.4, 0.5) is 0 Å². The molecule has 1 aliphatic rings. The molecule has 0 bridgehead atoms. The molecule has 0 aliphatic carbocycles. The molecule has 1 aliphatic heterocycles. The van der Waals surface area contributed by atoms with Gasteiger partial charge < -0.3 is 14.8 Å². The minimum Gasteiger partial charge on any atom is -0.480 e. The number of carboxylic acid groups (broad SMARTS) is 1. The van der Waals surface area contributed by atoms with E-state index in [1.54, 1.807) is 0 Å². The van der Waals surface area contributed by atoms with Crippen molar-refractivity contribution in [2.45, 2.75) is 12.3 Å². The average Bonchev–Trinajstić information content (AvgIpc) is 2.70. The summed E-state index contributed by atoms with van der Waals surface area (Å²) in [6.45, 7) is 2.24. The number of aromatic nitrogens is 2. The van der Waals surface area contributed by atoms with Crippen molar-refractivity contribution in [3.05, 3.63) is 41.9 Å². The summed E-state index contributed by atoms with van der Waals surface area (Å²) in [5.41, 5.74) is 1.62. The molecule has 1 saturated heterocycles. The van der Waals surface area contributed by atoms with Gasteiger partial charge in [0.05, 0.1) is 18.9 Å². The van der Waals surface area contributed by atoms with Crippen LogP contribution in [-0.4, -0.2) is 34.3 Å². The van der Waals surface area contributed by atoms with Crippen LogP contribution in [0.3, 0.4) is 0 Å². The highest BCUT2D eigenvalue weighted by Gasteiger charge is 2.50. The summed E-state index contributed by atoms with van der Waals surface area (Å²) in [6.07, 6.45) is 0. The molecule has 2 N–H and O–H groups in total. The van der Waals surface area contributed by atoms with Crippen molar-refractivity contribution in [1.82, 2.24) is 9.97 Å². The quantitative estimate of drug-likeness (QED) is 0.879. The third-order valence-electron chi connectivity index (χ3n) is 3.49. The first-order chi connectivity index (χ1) is 9.13. The Labute approximate surface area is 110 Å². The molecular weight excluding hydrogens is 244 g/mol. The molecule has 2 heterocycles. The number of imidazole rings is 1. The minimum atomic E-state index is -1.02. The van der Waals surface area contributed by atoms with E-state index in [4.69, 9.17) is 4.74 Å². The molecule has 98 valence electrons. The van der Waals surface area contributed by atoms with Gasteiger partial charge in [0.25, 0.3) is 0 Å². The van der Waals surface area contributed by atoms with Crippen LogP contribution in [0.2, 0.25) is 0 Å². The lowest BCUT2D eigenvalue weighted by atomic mass is 9.85. The van der Waals surface area contributed by atoms with Gasteiger partial charge in [0.2, 0.25) is 0 Å². The molecule has 0 saturated carbocycles. The highest BCUT2D eigenvalue weighted by molar-refractivity contribution is 5.82. The summed E-state index contributed by atoms with van der Waals surface area (Å²) in [5.74, 6) is -0.422. The molecule has 1 fully saturated rings. The van der Waals surface area contributed by atoms with Gasteiger partial charge in [0, 0.05) is 11.3 Å². The second kappa shape index (κ2) is 4.20. The zero-order valence-electron chi connectivity index (χ0n) is 10.5. The van der Waals surface area contributed by atoms with Gasteiger partial charge in [-0.3, -0.25) is 4.79 Å². The second-order valence-corrected chi connectivity index (χ2v) is 4.81. The summed E-state index contributed by atoms with van der Waals surface area (Å²) in [4.78, 5) is 19.0. The van der Waals surface area contributed by atoms with E-state index in [2.05, 4.69) is 9.97 Å². The Morgan fingerprint density at radius 3 is 2.58 bits per heavy atom. The highest BCUT2D eigenvalue weighted by Crippen LogP contribution is 2.33. The fourth-order valence-corrected chi connectivity index (χ4v) is 2.23. The number of rotatable bonds is 3. The number of benzene rings is 1. The van der Waals surface area contributed by atoms with E-state index in [0.29, 0.717) is 5.82 Å². The number of nitrogens with one attached hydrogen (secondary N) is 1. The number of nitrogens with zero attached hydrogens (tertiary/aromatic N) is 1. The SMILES string of the molecule is Cc1[nH]c(C2(C(=O)O)COC2)nc1-c1ccccc1. The zero-order valence-corrected chi connectivity index (χ0v) is 10.5. The predicted octanol–water partition coefficient (Wildman–Crippen LogP) is 1.74. The first-order valence-electron chi connectivity index (χ1n) is 6.07. The van der Waals surface area contributed by atoms with Crippen molar-refractivity contribution >= 4 is 5.97 Å². The van der Waals surface area contributed by atoms with Crippen LogP contribution in [0.15, 0.2) is 30.3 Å². The molecule has 1 aromatic heterocycles. The predicted molar refractivity (Wildman–Crippen MR) is 68.9 cm³/mol. The van der Waals surface area contributed by atoms with Crippen molar-refractivity contribution in [3.8, 4) is 11.3 Å². The van der Waals surface area contributed by atoms with Crippen molar-refractivity contribution in [3.63, 3.8) is 0 Å². The topological polar surface area (TPSA) is 75.2 Å². The number of aryl methyl sites for hydroxylation is 1. The molecule has 5 heteroatoms.